The Labute approximate surface area is 197 Å². The molecule has 9 nitrogen and oxygen atoms in total. The van der Waals surface area contributed by atoms with Gasteiger partial charge >= 0.3 is 6.01 Å². The van der Waals surface area contributed by atoms with Gasteiger partial charge in [-0.05, 0) is 38.2 Å². The quantitative estimate of drug-likeness (QED) is 0.457. The Hall–Kier alpha value is -3.40. The van der Waals surface area contributed by atoms with Gasteiger partial charge in [0.05, 0.1) is 44.8 Å². The van der Waals surface area contributed by atoms with Gasteiger partial charge in [0.25, 0.3) is 0 Å². The number of pyridine rings is 1. The van der Waals surface area contributed by atoms with E-state index in [-0.39, 0.29) is 11.9 Å². The molecule has 0 aliphatic carbocycles. The number of anilines is 2. The summed E-state index contributed by atoms with van der Waals surface area (Å²) in [5, 5.41) is 3.78. The van der Waals surface area contributed by atoms with E-state index in [1.54, 1.807) is 33.3 Å². The third kappa shape index (κ3) is 5.56. The predicted octanol–water partition coefficient (Wildman–Crippen LogP) is 4.52. The summed E-state index contributed by atoms with van der Waals surface area (Å²) in [6, 6.07) is 5.04. The molecule has 0 bridgehead atoms. The van der Waals surface area contributed by atoms with Crippen molar-refractivity contribution in [2.45, 2.75) is 26.2 Å². The molecule has 10 heteroatoms. The number of nitrogens with one attached hydrogen (secondary N) is 1. The lowest BCUT2D eigenvalue weighted by Gasteiger charge is -2.21. The van der Waals surface area contributed by atoms with Crippen molar-refractivity contribution in [2.75, 3.05) is 46.0 Å². The van der Waals surface area contributed by atoms with Crippen LogP contribution in [-0.4, -0.2) is 55.6 Å². The number of benzene rings is 1. The molecule has 182 valence electrons. The van der Waals surface area contributed by atoms with Crippen molar-refractivity contribution < 1.29 is 28.1 Å². The van der Waals surface area contributed by atoms with E-state index in [2.05, 4.69) is 20.3 Å². The second-order valence-electron chi connectivity index (χ2n) is 7.84. The number of rotatable bonds is 10. The van der Waals surface area contributed by atoms with Crippen molar-refractivity contribution in [1.82, 2.24) is 15.0 Å². The first kappa shape index (κ1) is 23.7. The summed E-state index contributed by atoms with van der Waals surface area (Å²) in [6.07, 6.45) is 4.44. The molecule has 0 atom stereocenters. The minimum Gasteiger partial charge on any atom is -0.493 e. The molecule has 1 saturated heterocycles. The number of fused-ring (bicyclic) bond motifs is 1. The van der Waals surface area contributed by atoms with E-state index >= 15 is 0 Å². The number of hydrogen-bond donors (Lipinski definition) is 1. The van der Waals surface area contributed by atoms with Crippen LogP contribution in [0.1, 0.15) is 26.2 Å². The van der Waals surface area contributed by atoms with E-state index in [0.717, 1.165) is 32.5 Å². The average Bonchev–Trinajstić information content (AvgIpc) is 2.85. The van der Waals surface area contributed by atoms with Crippen molar-refractivity contribution in [3.05, 3.63) is 30.2 Å². The highest BCUT2D eigenvalue weighted by Gasteiger charge is 2.17. The Morgan fingerprint density at radius 2 is 1.82 bits per heavy atom. The molecule has 1 N–H and O–H groups in total. The standard InChI is InChI=1S/C24H29FN4O5/c1-4-33-23-18(25)11-16(14-26-23)27-22-17-12-20(30-2)21(31-3)13-19(17)28-24(29-22)34-10-7-15-5-8-32-9-6-15/h11-15H,4-10H2,1-3H3,(H,27,28,29). The minimum atomic E-state index is -0.572. The highest BCUT2D eigenvalue weighted by Crippen LogP contribution is 2.36. The van der Waals surface area contributed by atoms with Gasteiger partial charge in [-0.25, -0.2) is 9.37 Å². The second-order valence-corrected chi connectivity index (χ2v) is 7.84. The second kappa shape index (κ2) is 11.1. The maximum atomic E-state index is 14.4. The Kier molecular flexibility index (Phi) is 7.79. The lowest BCUT2D eigenvalue weighted by molar-refractivity contribution is 0.0589. The first-order valence-corrected chi connectivity index (χ1v) is 11.3. The molecule has 2 aromatic heterocycles. The first-order chi connectivity index (χ1) is 16.6. The van der Waals surface area contributed by atoms with Crippen LogP contribution in [0.5, 0.6) is 23.4 Å². The van der Waals surface area contributed by atoms with Crippen molar-refractivity contribution in [3.63, 3.8) is 0 Å². The molecule has 0 radical (unpaired) electrons. The Morgan fingerprint density at radius 3 is 2.53 bits per heavy atom. The van der Waals surface area contributed by atoms with Crippen LogP contribution in [-0.2, 0) is 4.74 Å². The van der Waals surface area contributed by atoms with Gasteiger partial charge in [-0.3, -0.25) is 0 Å². The lowest BCUT2D eigenvalue weighted by Crippen LogP contribution is -2.18. The zero-order chi connectivity index (χ0) is 23.9. The summed E-state index contributed by atoms with van der Waals surface area (Å²) in [5.41, 5.74) is 1.000. The van der Waals surface area contributed by atoms with E-state index in [1.807, 2.05) is 0 Å². The van der Waals surface area contributed by atoms with Crippen molar-refractivity contribution in [3.8, 4) is 23.4 Å². The number of hydrogen-bond acceptors (Lipinski definition) is 9. The molecule has 1 fully saturated rings. The number of methoxy groups -OCH3 is 2. The van der Waals surface area contributed by atoms with Gasteiger partial charge < -0.3 is 29.0 Å². The smallest absolute Gasteiger partial charge is 0.318 e. The van der Waals surface area contributed by atoms with Gasteiger partial charge in [0, 0.05) is 30.7 Å². The molecular weight excluding hydrogens is 443 g/mol. The first-order valence-electron chi connectivity index (χ1n) is 11.3. The van der Waals surface area contributed by atoms with Crippen LogP contribution >= 0.6 is 0 Å². The number of aromatic nitrogens is 3. The normalized spacial score (nSPS) is 14.1. The maximum Gasteiger partial charge on any atom is 0.318 e. The van der Waals surface area contributed by atoms with Gasteiger partial charge in [0.1, 0.15) is 5.82 Å². The zero-order valence-corrected chi connectivity index (χ0v) is 19.6. The van der Waals surface area contributed by atoms with Gasteiger partial charge in [-0.1, -0.05) is 0 Å². The lowest BCUT2D eigenvalue weighted by atomic mass is 9.97. The number of halogens is 1. The number of ether oxygens (including phenoxy) is 5. The largest absolute Gasteiger partial charge is 0.493 e. The van der Waals surface area contributed by atoms with Crippen LogP contribution < -0.4 is 24.3 Å². The monoisotopic (exact) mass is 472 g/mol. The molecule has 0 unspecified atom stereocenters. The molecule has 0 saturated carbocycles. The van der Waals surface area contributed by atoms with E-state index in [0.29, 0.717) is 53.0 Å². The summed E-state index contributed by atoms with van der Waals surface area (Å²) < 4.78 is 41.7. The molecule has 34 heavy (non-hydrogen) atoms. The van der Waals surface area contributed by atoms with Crippen LogP contribution in [0.3, 0.4) is 0 Å². The van der Waals surface area contributed by atoms with Crippen LogP contribution in [0.25, 0.3) is 10.9 Å². The predicted molar refractivity (Wildman–Crippen MR) is 125 cm³/mol. The maximum absolute atomic E-state index is 14.4. The van der Waals surface area contributed by atoms with E-state index in [9.17, 15) is 4.39 Å². The molecule has 1 aromatic carbocycles. The van der Waals surface area contributed by atoms with Gasteiger partial charge in [-0.2, -0.15) is 9.97 Å². The summed E-state index contributed by atoms with van der Waals surface area (Å²) >= 11 is 0. The highest BCUT2D eigenvalue weighted by molar-refractivity contribution is 5.93. The topological polar surface area (TPSA) is 96.9 Å². The fourth-order valence-corrected chi connectivity index (χ4v) is 3.82. The van der Waals surface area contributed by atoms with Crippen LogP contribution in [0.4, 0.5) is 15.9 Å². The fourth-order valence-electron chi connectivity index (χ4n) is 3.82. The zero-order valence-electron chi connectivity index (χ0n) is 19.6. The molecular formula is C24H29FN4O5. The molecule has 3 heterocycles. The molecule has 0 amide bonds. The van der Waals surface area contributed by atoms with E-state index in [4.69, 9.17) is 23.7 Å². The molecule has 1 aliphatic heterocycles. The van der Waals surface area contributed by atoms with Gasteiger partial charge in [0.15, 0.2) is 17.3 Å². The Morgan fingerprint density at radius 1 is 1.06 bits per heavy atom. The molecule has 3 aromatic rings. The van der Waals surface area contributed by atoms with Crippen molar-refractivity contribution in [2.24, 2.45) is 5.92 Å². The summed E-state index contributed by atoms with van der Waals surface area (Å²) in [7, 11) is 3.11. The van der Waals surface area contributed by atoms with E-state index in [1.165, 1.54) is 12.3 Å². The summed E-state index contributed by atoms with van der Waals surface area (Å²) in [5.74, 6) is 1.42. The van der Waals surface area contributed by atoms with Crippen LogP contribution in [0, 0.1) is 11.7 Å². The third-order valence-corrected chi connectivity index (χ3v) is 5.63. The van der Waals surface area contributed by atoms with Crippen molar-refractivity contribution in [1.29, 1.82) is 0 Å². The van der Waals surface area contributed by atoms with Gasteiger partial charge in [0.2, 0.25) is 5.88 Å². The summed E-state index contributed by atoms with van der Waals surface area (Å²) in [6.45, 7) is 4.16. The van der Waals surface area contributed by atoms with Crippen LogP contribution in [0.15, 0.2) is 24.4 Å². The molecule has 0 spiro atoms. The highest BCUT2D eigenvalue weighted by atomic mass is 19.1. The average molecular weight is 473 g/mol. The fraction of sp³-hybridized carbons (Fsp3) is 0.458. The van der Waals surface area contributed by atoms with E-state index < -0.39 is 5.82 Å². The number of nitrogens with zero attached hydrogens (tertiary/aromatic N) is 3. The Bertz CT molecular complexity index is 1120. The summed E-state index contributed by atoms with van der Waals surface area (Å²) in [4.78, 5) is 13.1. The SMILES string of the molecule is CCOc1ncc(Nc2nc(OCCC3CCOCC3)nc3cc(OC)c(OC)cc23)cc1F. The minimum absolute atomic E-state index is 0.0517. The van der Waals surface area contributed by atoms with Gasteiger partial charge in [-0.15, -0.1) is 0 Å². The van der Waals surface area contributed by atoms with Crippen molar-refractivity contribution >= 4 is 22.4 Å². The molecule has 4 rings (SSSR count). The molecule has 1 aliphatic rings. The third-order valence-electron chi connectivity index (χ3n) is 5.63. The Balaban J connectivity index is 1.63. The van der Waals surface area contributed by atoms with Crippen LogP contribution in [0.2, 0.25) is 0 Å².